The van der Waals surface area contributed by atoms with Gasteiger partial charge in [0.1, 0.15) is 0 Å². The summed E-state index contributed by atoms with van der Waals surface area (Å²) < 4.78 is 41.0. The number of rotatable bonds is 3. The molecular weight excluding hydrogens is 335 g/mol. The average molecular weight is 351 g/mol. The van der Waals surface area contributed by atoms with E-state index in [-0.39, 0.29) is 17.4 Å². The lowest BCUT2D eigenvalue weighted by atomic mass is 9.99. The minimum atomic E-state index is -4.44. The highest BCUT2D eigenvalue weighted by Crippen LogP contribution is 2.32. The van der Waals surface area contributed by atoms with Crippen LogP contribution in [0.2, 0.25) is 0 Å². The maximum atomic E-state index is 12.7. The Morgan fingerprint density at radius 1 is 1.28 bits per heavy atom. The molecule has 8 heteroatoms. The number of nitrogens with two attached hydrogens (primary N) is 1. The first-order valence-electron chi connectivity index (χ1n) is 7.70. The molecule has 0 saturated carbocycles. The molecule has 0 atom stereocenters. The molecule has 2 aromatic rings. The molecule has 5 nitrogen and oxygen atoms in total. The molecule has 1 aliphatic rings. The molecule has 25 heavy (non-hydrogen) atoms. The molecule has 2 heterocycles. The van der Waals surface area contributed by atoms with Crippen LogP contribution in [0.15, 0.2) is 36.5 Å². The molecule has 0 aliphatic carbocycles. The van der Waals surface area contributed by atoms with E-state index in [1.807, 2.05) is 6.07 Å². The zero-order valence-corrected chi connectivity index (χ0v) is 13.2. The molecule has 1 aromatic heterocycles. The van der Waals surface area contributed by atoms with Gasteiger partial charge < -0.3 is 15.4 Å². The number of nitrogen functional groups attached to an aromatic ring is 1. The van der Waals surface area contributed by atoms with Gasteiger partial charge in [-0.15, -0.1) is 0 Å². The van der Waals surface area contributed by atoms with Crippen LogP contribution in [-0.2, 0) is 6.42 Å². The van der Waals surface area contributed by atoms with E-state index in [0.29, 0.717) is 12.2 Å². The van der Waals surface area contributed by atoms with E-state index in [9.17, 15) is 18.0 Å². The fourth-order valence-corrected chi connectivity index (χ4v) is 2.77. The van der Waals surface area contributed by atoms with E-state index in [0.717, 1.165) is 24.1 Å². The quantitative estimate of drug-likeness (QED) is 0.863. The van der Waals surface area contributed by atoms with Crippen molar-refractivity contribution in [3.8, 4) is 5.88 Å². The average Bonchev–Trinajstić information content (AvgIpc) is 2.59. The number of pyridine rings is 1. The summed E-state index contributed by atoms with van der Waals surface area (Å²) in [4.78, 5) is 18.1. The Labute approximate surface area is 142 Å². The van der Waals surface area contributed by atoms with E-state index in [1.54, 1.807) is 17.0 Å². The Kier molecular flexibility index (Phi) is 4.52. The number of alkyl halides is 3. The zero-order chi connectivity index (χ0) is 18.0. The molecule has 0 radical (unpaired) electrons. The third kappa shape index (κ3) is 3.84. The normalized spacial score (nSPS) is 14.1. The van der Waals surface area contributed by atoms with Gasteiger partial charge in [-0.3, -0.25) is 4.79 Å². The highest BCUT2D eigenvalue weighted by atomic mass is 19.4. The third-order valence-electron chi connectivity index (χ3n) is 3.90. The van der Waals surface area contributed by atoms with Crippen molar-refractivity contribution in [1.29, 1.82) is 0 Å². The Morgan fingerprint density at radius 3 is 2.76 bits per heavy atom. The highest BCUT2D eigenvalue weighted by molar-refractivity contribution is 6.07. The van der Waals surface area contributed by atoms with E-state index in [2.05, 4.69) is 9.72 Å². The maximum absolute atomic E-state index is 12.7. The van der Waals surface area contributed by atoms with Crippen LogP contribution in [0.5, 0.6) is 5.88 Å². The number of hydrogen-bond donors (Lipinski definition) is 1. The van der Waals surface area contributed by atoms with Gasteiger partial charge in [0.15, 0.2) is 6.61 Å². The van der Waals surface area contributed by atoms with Crippen LogP contribution >= 0.6 is 0 Å². The number of amides is 1. The molecule has 0 fully saturated rings. The lowest BCUT2D eigenvalue weighted by molar-refractivity contribution is -0.154. The molecule has 1 aromatic carbocycles. The Bertz CT molecular complexity index is 776. The maximum Gasteiger partial charge on any atom is 0.422 e. The van der Waals surface area contributed by atoms with Crippen LogP contribution < -0.4 is 15.4 Å². The molecule has 0 saturated heterocycles. The topological polar surface area (TPSA) is 68.5 Å². The number of anilines is 2. The van der Waals surface area contributed by atoms with Crippen LogP contribution in [0.1, 0.15) is 22.3 Å². The second-order valence-electron chi connectivity index (χ2n) is 5.69. The zero-order valence-electron chi connectivity index (χ0n) is 13.2. The van der Waals surface area contributed by atoms with E-state index >= 15 is 0 Å². The van der Waals surface area contributed by atoms with Gasteiger partial charge in [-0.25, -0.2) is 4.98 Å². The van der Waals surface area contributed by atoms with E-state index < -0.39 is 12.8 Å². The lowest BCUT2D eigenvalue weighted by Crippen LogP contribution is -2.35. The summed E-state index contributed by atoms with van der Waals surface area (Å²) in [5.74, 6) is -0.460. The molecular formula is C17H16F3N3O2. The first kappa shape index (κ1) is 17.1. The van der Waals surface area contributed by atoms with Gasteiger partial charge in [0.2, 0.25) is 5.88 Å². The number of ether oxygens (including phenoxy) is 1. The number of nitrogens with zero attached hydrogens (tertiary/aromatic N) is 2. The minimum Gasteiger partial charge on any atom is -0.468 e. The van der Waals surface area contributed by atoms with Crippen LogP contribution in [0, 0.1) is 0 Å². The van der Waals surface area contributed by atoms with Crippen molar-refractivity contribution in [3.63, 3.8) is 0 Å². The number of benzene rings is 1. The van der Waals surface area contributed by atoms with Gasteiger partial charge >= 0.3 is 6.18 Å². The molecule has 0 spiro atoms. The second kappa shape index (κ2) is 6.62. The second-order valence-corrected chi connectivity index (χ2v) is 5.69. The number of halogens is 3. The molecule has 0 bridgehead atoms. The van der Waals surface area contributed by atoms with Gasteiger partial charge in [-0.2, -0.15) is 13.2 Å². The fraction of sp³-hybridized carbons (Fsp3) is 0.294. The first-order chi connectivity index (χ1) is 11.8. The minimum absolute atomic E-state index is 0.183. The first-order valence-corrected chi connectivity index (χ1v) is 7.70. The predicted molar refractivity (Wildman–Crippen MR) is 86.6 cm³/mol. The van der Waals surface area contributed by atoms with Crippen molar-refractivity contribution in [2.45, 2.75) is 19.0 Å². The van der Waals surface area contributed by atoms with Crippen molar-refractivity contribution in [1.82, 2.24) is 4.98 Å². The van der Waals surface area contributed by atoms with Gasteiger partial charge in [0, 0.05) is 30.2 Å². The number of carbonyl (C=O) groups is 1. The molecule has 1 aliphatic heterocycles. The summed E-state index contributed by atoms with van der Waals surface area (Å²) in [5.41, 5.74) is 8.58. The van der Waals surface area contributed by atoms with Crippen molar-refractivity contribution < 1.29 is 22.7 Å². The molecule has 2 N–H and O–H groups in total. The number of carbonyl (C=O) groups excluding carboxylic acids is 1. The van der Waals surface area contributed by atoms with E-state index in [1.165, 1.54) is 18.3 Å². The number of aromatic nitrogens is 1. The third-order valence-corrected chi connectivity index (χ3v) is 3.90. The van der Waals surface area contributed by atoms with Crippen LogP contribution in [0.4, 0.5) is 24.5 Å². The Balaban J connectivity index is 1.77. The number of hydrogen-bond acceptors (Lipinski definition) is 4. The fourth-order valence-electron chi connectivity index (χ4n) is 2.77. The van der Waals surface area contributed by atoms with Crippen molar-refractivity contribution >= 4 is 17.3 Å². The van der Waals surface area contributed by atoms with Gasteiger partial charge in [0.05, 0.1) is 5.56 Å². The number of fused-ring (bicyclic) bond motifs is 1. The lowest BCUT2D eigenvalue weighted by Gasteiger charge is -2.30. The van der Waals surface area contributed by atoms with Gasteiger partial charge in [-0.1, -0.05) is 6.07 Å². The summed E-state index contributed by atoms with van der Waals surface area (Å²) in [7, 11) is 0. The summed E-state index contributed by atoms with van der Waals surface area (Å²) in [6.07, 6.45) is -1.64. The summed E-state index contributed by atoms with van der Waals surface area (Å²) in [5, 5.41) is 0. The van der Waals surface area contributed by atoms with Gasteiger partial charge in [0.25, 0.3) is 5.91 Å². The Hall–Kier alpha value is -2.77. The molecule has 1 amide bonds. The van der Waals surface area contributed by atoms with Crippen LogP contribution in [0.3, 0.4) is 0 Å². The van der Waals surface area contributed by atoms with Crippen LogP contribution in [0.25, 0.3) is 0 Å². The standard InChI is InChI=1S/C17H16F3N3O2/c18-17(19,20)10-25-15-7-6-11(9-22-15)16(24)23-8-2-3-12-13(21)4-1-5-14(12)23/h1,4-7,9H,2-3,8,10,21H2. The monoisotopic (exact) mass is 351 g/mol. The van der Waals surface area contributed by atoms with Crippen molar-refractivity contribution in [3.05, 3.63) is 47.7 Å². The smallest absolute Gasteiger partial charge is 0.422 e. The predicted octanol–water partition coefficient (Wildman–Crippen LogP) is 3.20. The molecule has 0 unspecified atom stereocenters. The summed E-state index contributed by atoms with van der Waals surface area (Å²) in [6.45, 7) is -0.881. The van der Waals surface area contributed by atoms with E-state index in [4.69, 9.17) is 5.73 Å². The highest BCUT2D eigenvalue weighted by Gasteiger charge is 2.29. The Morgan fingerprint density at radius 2 is 2.08 bits per heavy atom. The van der Waals surface area contributed by atoms with Gasteiger partial charge in [-0.05, 0) is 36.6 Å². The summed E-state index contributed by atoms with van der Waals surface area (Å²) in [6, 6.07) is 8.06. The molecule has 3 rings (SSSR count). The van der Waals surface area contributed by atoms with Crippen molar-refractivity contribution in [2.24, 2.45) is 0 Å². The molecule has 132 valence electrons. The SMILES string of the molecule is Nc1cccc2c1CCCN2C(=O)c1ccc(OCC(F)(F)F)nc1. The largest absolute Gasteiger partial charge is 0.468 e. The van der Waals surface area contributed by atoms with Crippen molar-refractivity contribution in [2.75, 3.05) is 23.8 Å². The summed E-state index contributed by atoms with van der Waals surface area (Å²) >= 11 is 0. The van der Waals surface area contributed by atoms with Crippen LogP contribution in [-0.4, -0.2) is 30.2 Å².